The molecule has 0 radical (unpaired) electrons. The molecule has 2 aromatic rings. The highest BCUT2D eigenvalue weighted by Crippen LogP contribution is 2.33. The van der Waals surface area contributed by atoms with E-state index in [1.165, 1.54) is 16.7 Å². The van der Waals surface area contributed by atoms with E-state index in [1.54, 1.807) is 0 Å². The molecule has 2 rings (SSSR count). The van der Waals surface area contributed by atoms with Crippen molar-refractivity contribution in [2.75, 3.05) is 5.32 Å². The molecule has 0 spiro atoms. The molecule has 0 aliphatic heterocycles. The van der Waals surface area contributed by atoms with Crippen LogP contribution in [-0.4, -0.2) is 10.9 Å². The average molecular weight is 336 g/mol. The van der Waals surface area contributed by atoms with Crippen molar-refractivity contribution in [3.05, 3.63) is 44.9 Å². The number of carbonyl (C=O) groups is 1. The number of nitrogens with two attached hydrogens (primary N) is 1. The van der Waals surface area contributed by atoms with Crippen molar-refractivity contribution >= 4 is 34.5 Å². The lowest BCUT2D eigenvalue weighted by Crippen LogP contribution is -2.13. The first kappa shape index (κ1) is 15.7. The number of aromatic nitrogens is 1. The molecule has 0 aliphatic rings. The molecule has 1 heterocycles. The van der Waals surface area contributed by atoms with Gasteiger partial charge in [-0.3, -0.25) is 4.79 Å². The second kappa shape index (κ2) is 6.00. The maximum Gasteiger partial charge on any atom is 0.416 e. The van der Waals surface area contributed by atoms with E-state index >= 15 is 0 Å². The Morgan fingerprint density at radius 3 is 2.67 bits per heavy atom. The van der Waals surface area contributed by atoms with Crippen LogP contribution in [0.4, 0.5) is 18.9 Å². The van der Waals surface area contributed by atoms with Gasteiger partial charge in [-0.1, -0.05) is 11.6 Å². The predicted octanol–water partition coefficient (Wildman–Crippen LogP) is 3.53. The number of amides is 1. The van der Waals surface area contributed by atoms with Crippen LogP contribution in [0.2, 0.25) is 5.02 Å². The Hall–Kier alpha value is -1.64. The minimum absolute atomic E-state index is 0.0805. The minimum atomic E-state index is -4.49. The molecule has 0 unspecified atom stereocenters. The van der Waals surface area contributed by atoms with E-state index in [0.717, 1.165) is 18.2 Å². The molecule has 0 bridgehead atoms. The topological polar surface area (TPSA) is 68.0 Å². The summed E-state index contributed by atoms with van der Waals surface area (Å²) in [5.74, 6) is -0.562. The fourth-order valence-electron chi connectivity index (χ4n) is 1.49. The summed E-state index contributed by atoms with van der Waals surface area (Å²) in [5, 5.41) is 4.30. The predicted molar refractivity (Wildman–Crippen MR) is 74.4 cm³/mol. The van der Waals surface area contributed by atoms with Crippen LogP contribution in [0.5, 0.6) is 0 Å². The van der Waals surface area contributed by atoms with Crippen molar-refractivity contribution in [1.82, 2.24) is 4.98 Å². The number of nitrogens with zero attached hydrogens (tertiary/aromatic N) is 1. The molecule has 0 aliphatic carbocycles. The fourth-order valence-corrected chi connectivity index (χ4v) is 2.37. The van der Waals surface area contributed by atoms with Crippen molar-refractivity contribution in [3.8, 4) is 0 Å². The number of benzene rings is 1. The fraction of sp³-hybridized carbons (Fsp3) is 0.167. The second-order valence-corrected chi connectivity index (χ2v) is 5.33. The molecular weight excluding hydrogens is 327 g/mol. The number of hydrogen-bond donors (Lipinski definition) is 2. The van der Waals surface area contributed by atoms with Gasteiger partial charge in [0.25, 0.3) is 5.91 Å². The number of alkyl halides is 3. The lowest BCUT2D eigenvalue weighted by molar-refractivity contribution is -0.137. The molecule has 4 nitrogen and oxygen atoms in total. The van der Waals surface area contributed by atoms with Gasteiger partial charge in [0.2, 0.25) is 0 Å². The van der Waals surface area contributed by atoms with Crippen LogP contribution in [0.3, 0.4) is 0 Å². The van der Waals surface area contributed by atoms with Crippen molar-refractivity contribution in [3.63, 3.8) is 0 Å². The van der Waals surface area contributed by atoms with Gasteiger partial charge in [-0.2, -0.15) is 13.2 Å². The largest absolute Gasteiger partial charge is 0.416 e. The Morgan fingerprint density at radius 1 is 1.43 bits per heavy atom. The van der Waals surface area contributed by atoms with Gasteiger partial charge in [0, 0.05) is 11.9 Å². The Balaban J connectivity index is 2.18. The Kier molecular flexibility index (Phi) is 4.50. The van der Waals surface area contributed by atoms with Crippen molar-refractivity contribution in [2.24, 2.45) is 5.73 Å². The quantitative estimate of drug-likeness (QED) is 0.901. The first-order chi connectivity index (χ1) is 9.81. The maximum absolute atomic E-state index is 12.5. The van der Waals surface area contributed by atoms with Crippen LogP contribution in [0.15, 0.2) is 23.6 Å². The van der Waals surface area contributed by atoms with E-state index in [1.807, 2.05) is 0 Å². The second-order valence-electron chi connectivity index (χ2n) is 3.98. The molecule has 0 atom stereocenters. The van der Waals surface area contributed by atoms with E-state index in [4.69, 9.17) is 17.3 Å². The summed E-state index contributed by atoms with van der Waals surface area (Å²) in [6.07, 6.45) is -4.49. The molecule has 9 heteroatoms. The molecule has 1 aromatic heterocycles. The number of anilines is 1. The van der Waals surface area contributed by atoms with Crippen molar-refractivity contribution in [2.45, 2.75) is 12.7 Å². The van der Waals surface area contributed by atoms with Crippen LogP contribution in [-0.2, 0) is 12.7 Å². The molecule has 0 saturated heterocycles. The zero-order chi connectivity index (χ0) is 15.6. The number of carbonyl (C=O) groups excluding carboxylic acids is 1. The zero-order valence-electron chi connectivity index (χ0n) is 10.4. The van der Waals surface area contributed by atoms with Crippen LogP contribution in [0.25, 0.3) is 0 Å². The van der Waals surface area contributed by atoms with Gasteiger partial charge in [0.05, 0.1) is 16.3 Å². The molecule has 21 heavy (non-hydrogen) atoms. The van der Waals surface area contributed by atoms with E-state index in [-0.39, 0.29) is 22.9 Å². The monoisotopic (exact) mass is 335 g/mol. The van der Waals surface area contributed by atoms with Crippen LogP contribution in [0.1, 0.15) is 21.1 Å². The van der Waals surface area contributed by atoms with Gasteiger partial charge in [-0.15, -0.1) is 11.3 Å². The minimum Gasteiger partial charge on any atom is -0.325 e. The maximum atomic E-state index is 12.5. The summed E-state index contributed by atoms with van der Waals surface area (Å²) in [5.41, 5.74) is 4.72. The van der Waals surface area contributed by atoms with E-state index < -0.39 is 17.6 Å². The summed E-state index contributed by atoms with van der Waals surface area (Å²) in [6, 6.07) is 2.69. The normalized spacial score (nSPS) is 11.5. The van der Waals surface area contributed by atoms with E-state index in [2.05, 4.69) is 10.3 Å². The molecular formula is C12H9ClF3N3OS. The first-order valence-corrected chi connectivity index (χ1v) is 6.89. The van der Waals surface area contributed by atoms with Crippen LogP contribution in [0, 0.1) is 0 Å². The highest BCUT2D eigenvalue weighted by Gasteiger charge is 2.31. The lowest BCUT2D eigenvalue weighted by atomic mass is 10.2. The van der Waals surface area contributed by atoms with Gasteiger partial charge in [-0.05, 0) is 18.2 Å². The Bertz CT molecular complexity index is 672. The van der Waals surface area contributed by atoms with Gasteiger partial charge in [0.1, 0.15) is 10.7 Å². The average Bonchev–Trinajstić information content (AvgIpc) is 2.88. The summed E-state index contributed by atoms with van der Waals surface area (Å²) in [6.45, 7) is 0.207. The molecule has 1 amide bonds. The van der Waals surface area contributed by atoms with E-state index in [9.17, 15) is 18.0 Å². The summed E-state index contributed by atoms with van der Waals surface area (Å²) < 4.78 is 37.5. The standard InChI is InChI=1S/C12H9ClF3N3OS/c13-7-3-6(12(14,15)16)1-2-8(7)19-11(20)9-5-21-10(4-17)18-9/h1-3,5H,4,17H2,(H,19,20). The summed E-state index contributed by atoms with van der Waals surface area (Å²) in [4.78, 5) is 15.9. The summed E-state index contributed by atoms with van der Waals surface area (Å²) in [7, 11) is 0. The third-order valence-electron chi connectivity index (χ3n) is 2.50. The number of rotatable bonds is 3. The van der Waals surface area contributed by atoms with Crippen LogP contribution < -0.4 is 11.1 Å². The smallest absolute Gasteiger partial charge is 0.325 e. The third kappa shape index (κ3) is 3.72. The number of thiazole rings is 1. The SMILES string of the molecule is NCc1nc(C(=O)Nc2ccc(C(F)(F)F)cc2Cl)cs1. The lowest BCUT2D eigenvalue weighted by Gasteiger charge is -2.10. The van der Waals surface area contributed by atoms with Crippen LogP contribution >= 0.6 is 22.9 Å². The van der Waals surface area contributed by atoms with E-state index in [0.29, 0.717) is 5.01 Å². The van der Waals surface area contributed by atoms with Gasteiger partial charge < -0.3 is 11.1 Å². The molecule has 0 fully saturated rings. The zero-order valence-corrected chi connectivity index (χ0v) is 11.9. The molecule has 112 valence electrons. The molecule has 1 aromatic carbocycles. The third-order valence-corrected chi connectivity index (χ3v) is 3.69. The van der Waals surface area contributed by atoms with Gasteiger partial charge >= 0.3 is 6.18 Å². The van der Waals surface area contributed by atoms with Crippen molar-refractivity contribution < 1.29 is 18.0 Å². The van der Waals surface area contributed by atoms with Gasteiger partial charge in [0.15, 0.2) is 0 Å². The Morgan fingerprint density at radius 2 is 2.14 bits per heavy atom. The molecule has 3 N–H and O–H groups in total. The number of halogens is 4. The number of nitrogens with one attached hydrogen (secondary N) is 1. The summed E-state index contributed by atoms with van der Waals surface area (Å²) >= 11 is 6.97. The highest BCUT2D eigenvalue weighted by atomic mass is 35.5. The number of hydrogen-bond acceptors (Lipinski definition) is 4. The Labute approximate surface area is 126 Å². The van der Waals surface area contributed by atoms with Gasteiger partial charge in [-0.25, -0.2) is 4.98 Å². The first-order valence-electron chi connectivity index (χ1n) is 5.64. The van der Waals surface area contributed by atoms with Crippen molar-refractivity contribution in [1.29, 1.82) is 0 Å². The molecule has 0 saturated carbocycles. The highest BCUT2D eigenvalue weighted by molar-refractivity contribution is 7.09.